The van der Waals surface area contributed by atoms with E-state index in [0.717, 1.165) is 5.69 Å². The maximum Gasteiger partial charge on any atom is 0.271 e. The molecule has 0 spiro atoms. The number of anilines is 1. The number of carbonyl (C=O) groups excluding carboxylic acids is 1. The van der Waals surface area contributed by atoms with Gasteiger partial charge in [0.05, 0.1) is 30.0 Å². The van der Waals surface area contributed by atoms with Crippen LogP contribution in [0.15, 0.2) is 109 Å². The molecule has 0 aliphatic carbocycles. The molecule has 0 fully saturated rings. The summed E-state index contributed by atoms with van der Waals surface area (Å²) in [5, 5.41) is 4.11. The highest BCUT2D eigenvalue weighted by molar-refractivity contribution is 7.99. The van der Waals surface area contributed by atoms with Crippen LogP contribution >= 0.6 is 23.1 Å². The normalized spacial score (nSPS) is 14.6. The summed E-state index contributed by atoms with van der Waals surface area (Å²) >= 11 is 2.51. The minimum atomic E-state index is -0.820. The van der Waals surface area contributed by atoms with Crippen LogP contribution in [0.5, 0.6) is 11.5 Å². The molecule has 1 aliphatic heterocycles. The third kappa shape index (κ3) is 5.81. The van der Waals surface area contributed by atoms with Gasteiger partial charge in [0.15, 0.2) is 15.1 Å². The number of para-hydroxylation sites is 1. The Hall–Kier alpha value is -4.94. The summed E-state index contributed by atoms with van der Waals surface area (Å²) in [6.45, 7) is 3.66. The van der Waals surface area contributed by atoms with Crippen LogP contribution in [0.25, 0.3) is 6.08 Å². The highest BCUT2D eigenvalue weighted by atomic mass is 32.2. The van der Waals surface area contributed by atoms with Crippen molar-refractivity contribution in [2.75, 3.05) is 19.5 Å². The van der Waals surface area contributed by atoms with Gasteiger partial charge in [-0.2, -0.15) is 0 Å². The average Bonchev–Trinajstić information content (AvgIpc) is 3.59. The lowest BCUT2D eigenvalue weighted by Crippen LogP contribution is -2.40. The van der Waals surface area contributed by atoms with E-state index >= 15 is 0 Å². The fraction of sp³-hybridized carbons (Fsp3) is 0.156. The summed E-state index contributed by atoms with van der Waals surface area (Å²) in [5.74, 6) is 1.16. The monoisotopic (exact) mass is 625 g/mol. The van der Waals surface area contributed by atoms with E-state index in [9.17, 15) is 9.59 Å². The summed E-state index contributed by atoms with van der Waals surface area (Å²) < 4.78 is 19.0. The van der Waals surface area contributed by atoms with Crippen molar-refractivity contribution in [2.24, 2.45) is 4.99 Å². The second-order valence-corrected chi connectivity index (χ2v) is 11.7. The van der Waals surface area contributed by atoms with E-state index in [1.54, 1.807) is 68.8 Å². The number of nitrogens with one attached hydrogen (secondary N) is 1. The largest absolute Gasteiger partial charge is 0.497 e. The molecule has 6 rings (SSSR count). The van der Waals surface area contributed by atoms with Crippen LogP contribution in [-0.2, 0) is 4.79 Å². The van der Waals surface area contributed by atoms with E-state index in [-0.39, 0.29) is 11.5 Å². The molecular weight excluding hydrogens is 599 g/mol. The highest BCUT2D eigenvalue weighted by Crippen LogP contribution is 2.37. The van der Waals surface area contributed by atoms with Crippen LogP contribution in [0, 0.1) is 6.92 Å². The Morgan fingerprint density at radius 2 is 1.89 bits per heavy atom. The second-order valence-electron chi connectivity index (χ2n) is 9.75. The van der Waals surface area contributed by atoms with Crippen molar-refractivity contribution in [3.8, 4) is 11.5 Å². The van der Waals surface area contributed by atoms with Crippen molar-refractivity contribution in [3.63, 3.8) is 0 Å². The molecule has 44 heavy (non-hydrogen) atoms. The third-order valence-corrected chi connectivity index (χ3v) is 8.66. The minimum Gasteiger partial charge on any atom is -0.497 e. The molecule has 4 heterocycles. The molecule has 0 radical (unpaired) electrons. The van der Waals surface area contributed by atoms with Crippen molar-refractivity contribution >= 4 is 40.8 Å². The quantitative estimate of drug-likeness (QED) is 0.246. The van der Waals surface area contributed by atoms with Gasteiger partial charge in [0.2, 0.25) is 0 Å². The number of hydrogen-bond donors (Lipinski definition) is 1. The van der Waals surface area contributed by atoms with Gasteiger partial charge in [-0.05, 0) is 68.1 Å². The van der Waals surface area contributed by atoms with Crippen LogP contribution in [0.1, 0.15) is 30.0 Å². The zero-order chi connectivity index (χ0) is 30.8. The molecule has 1 atom stereocenters. The number of aryl methyl sites for hydroxylation is 1. The van der Waals surface area contributed by atoms with Gasteiger partial charge in [-0.25, -0.2) is 15.0 Å². The first-order valence-corrected chi connectivity index (χ1v) is 15.2. The van der Waals surface area contributed by atoms with Crippen LogP contribution in [0.4, 0.5) is 5.69 Å². The molecule has 0 unspecified atom stereocenters. The Balaban J connectivity index is 1.45. The Kier molecular flexibility index (Phi) is 8.18. The topological polar surface area (TPSA) is 121 Å². The van der Waals surface area contributed by atoms with Crippen LogP contribution < -0.4 is 29.7 Å². The van der Waals surface area contributed by atoms with Gasteiger partial charge in [0, 0.05) is 35.3 Å². The van der Waals surface area contributed by atoms with Gasteiger partial charge in [-0.15, -0.1) is 0 Å². The Morgan fingerprint density at radius 1 is 1.07 bits per heavy atom. The molecule has 3 aromatic heterocycles. The summed E-state index contributed by atoms with van der Waals surface area (Å²) in [4.78, 5) is 41.8. The van der Waals surface area contributed by atoms with Crippen molar-refractivity contribution in [3.05, 3.63) is 121 Å². The smallest absolute Gasteiger partial charge is 0.271 e. The number of methoxy groups -OCH3 is 2. The van der Waals surface area contributed by atoms with E-state index in [1.165, 1.54) is 34.8 Å². The number of ether oxygens (including phenoxy) is 2. The van der Waals surface area contributed by atoms with Crippen molar-refractivity contribution < 1.29 is 18.7 Å². The maximum absolute atomic E-state index is 14.1. The van der Waals surface area contributed by atoms with Crippen LogP contribution in [0.3, 0.4) is 0 Å². The summed E-state index contributed by atoms with van der Waals surface area (Å²) in [7, 11) is 3.10. The third-order valence-electron chi connectivity index (χ3n) is 6.87. The van der Waals surface area contributed by atoms with Gasteiger partial charge < -0.3 is 19.2 Å². The number of allylic oxidation sites excluding steroid dienone is 1. The predicted octanol–water partition coefficient (Wildman–Crippen LogP) is 4.73. The first-order chi connectivity index (χ1) is 21.3. The number of furan rings is 1. The minimum absolute atomic E-state index is 0.318. The van der Waals surface area contributed by atoms with Gasteiger partial charge in [-0.1, -0.05) is 29.5 Å². The molecule has 10 nitrogen and oxygen atoms in total. The number of rotatable bonds is 8. The molecule has 1 amide bonds. The zero-order valence-corrected chi connectivity index (χ0v) is 25.9. The Morgan fingerprint density at radius 3 is 2.64 bits per heavy atom. The number of fused-ring (bicyclic) bond motifs is 1. The molecule has 0 bridgehead atoms. The number of thiazole rings is 1. The summed E-state index contributed by atoms with van der Waals surface area (Å²) in [6.07, 6.45) is 3.37. The first-order valence-electron chi connectivity index (χ1n) is 13.5. The van der Waals surface area contributed by atoms with Gasteiger partial charge in [-0.3, -0.25) is 14.2 Å². The second kappa shape index (κ2) is 12.3. The summed E-state index contributed by atoms with van der Waals surface area (Å²) in [5.41, 5.74) is 2.59. The predicted molar refractivity (Wildman–Crippen MR) is 168 cm³/mol. The standard InChI is InChI=1S/C32H27N5O5S2/c1-18-14-15-33-31(34-18)44-26-13-11-22(42-26)17-25-30(39)37-28(23-12-10-21(40-3)16-24(23)41-4)27(19(2)35-32(37)43-25)29(38)36-20-8-6-5-7-9-20/h5-17,28H,1-4H3,(H,36,38)/b25-17+/t28-/m1/s1. The van der Waals surface area contributed by atoms with Crippen LogP contribution in [0.2, 0.25) is 0 Å². The molecular formula is C32H27N5O5S2. The number of nitrogens with zero attached hydrogens (tertiary/aromatic N) is 4. The molecule has 12 heteroatoms. The number of aromatic nitrogens is 3. The highest BCUT2D eigenvalue weighted by Gasteiger charge is 2.34. The molecule has 2 aromatic carbocycles. The fourth-order valence-electron chi connectivity index (χ4n) is 4.83. The number of carbonyl (C=O) groups is 1. The lowest BCUT2D eigenvalue weighted by atomic mass is 9.94. The van der Waals surface area contributed by atoms with Gasteiger partial charge >= 0.3 is 0 Å². The van der Waals surface area contributed by atoms with Crippen LogP contribution in [-0.4, -0.2) is 34.7 Å². The van der Waals surface area contributed by atoms with Gasteiger partial charge in [0.25, 0.3) is 11.5 Å². The molecule has 0 saturated heterocycles. The Bertz CT molecular complexity index is 2080. The first kappa shape index (κ1) is 29.1. The molecule has 1 aliphatic rings. The van der Waals surface area contributed by atoms with E-state index in [0.29, 0.717) is 59.4 Å². The van der Waals surface area contributed by atoms with Crippen molar-refractivity contribution in [1.29, 1.82) is 0 Å². The number of amides is 1. The number of hydrogen-bond acceptors (Lipinski definition) is 10. The van der Waals surface area contributed by atoms with Crippen molar-refractivity contribution in [2.45, 2.75) is 30.1 Å². The van der Waals surface area contributed by atoms with Crippen molar-refractivity contribution in [1.82, 2.24) is 14.5 Å². The van der Waals surface area contributed by atoms with Gasteiger partial charge in [0.1, 0.15) is 23.3 Å². The SMILES string of the molecule is COc1ccc([C@@H]2C(C(=O)Nc3ccccc3)=C(C)N=c3s/c(=C/c4ccc(Sc5nccc(C)n5)o4)c(=O)n32)c(OC)c1. The lowest BCUT2D eigenvalue weighted by molar-refractivity contribution is -0.113. The van der Waals surface area contributed by atoms with E-state index in [4.69, 9.17) is 18.9 Å². The molecule has 1 N–H and O–H groups in total. The fourth-order valence-corrected chi connectivity index (χ4v) is 6.62. The molecule has 0 saturated carbocycles. The number of benzene rings is 2. The Labute approximate surface area is 260 Å². The molecule has 5 aromatic rings. The van der Waals surface area contributed by atoms with E-state index in [1.807, 2.05) is 31.2 Å². The maximum atomic E-state index is 14.1. The van der Waals surface area contributed by atoms with E-state index < -0.39 is 6.04 Å². The van der Waals surface area contributed by atoms with E-state index in [2.05, 4.69) is 15.3 Å². The zero-order valence-electron chi connectivity index (χ0n) is 24.2. The average molecular weight is 626 g/mol. The molecule has 222 valence electrons. The lowest BCUT2D eigenvalue weighted by Gasteiger charge is -2.26. The summed E-state index contributed by atoms with van der Waals surface area (Å²) in [6, 6.07) is 19.0.